The molecule has 1 heterocycles. The van der Waals surface area contributed by atoms with Crippen LogP contribution in [-0.4, -0.2) is 40.8 Å². The van der Waals surface area contributed by atoms with Crippen LogP contribution < -0.4 is 5.32 Å². The summed E-state index contributed by atoms with van der Waals surface area (Å²) in [5.41, 5.74) is -0.292. The summed E-state index contributed by atoms with van der Waals surface area (Å²) < 4.78 is 5.63. The molecule has 1 unspecified atom stereocenters. The number of carbonyl (C=O) groups excluding carboxylic acids is 2. The van der Waals surface area contributed by atoms with Gasteiger partial charge in [-0.2, -0.15) is 0 Å². The highest BCUT2D eigenvalue weighted by Crippen LogP contribution is 2.21. The third-order valence-corrected chi connectivity index (χ3v) is 3.05. The number of ether oxygens (including phenoxy) is 1. The number of rotatable bonds is 5. The highest BCUT2D eigenvalue weighted by molar-refractivity contribution is 6.02. The molecule has 0 aromatic heterocycles. The summed E-state index contributed by atoms with van der Waals surface area (Å²) in [4.78, 5) is 24.0. The lowest BCUT2D eigenvalue weighted by Gasteiger charge is -2.35. The molecule has 6 heteroatoms. The number of carbonyl (C=O) groups is 2. The molecule has 6 nitrogen and oxygen atoms in total. The van der Waals surface area contributed by atoms with Crippen LogP contribution in [0, 0.1) is 0 Å². The van der Waals surface area contributed by atoms with Gasteiger partial charge in [-0.25, -0.2) is 4.79 Å². The predicted octanol–water partition coefficient (Wildman–Crippen LogP) is 0.464. The molecule has 1 aliphatic rings. The van der Waals surface area contributed by atoms with Gasteiger partial charge in [0.1, 0.15) is 6.54 Å². The van der Waals surface area contributed by atoms with E-state index in [1.807, 2.05) is 30.3 Å². The maximum atomic E-state index is 11.6. The van der Waals surface area contributed by atoms with Crippen molar-refractivity contribution >= 4 is 11.9 Å². The van der Waals surface area contributed by atoms with Gasteiger partial charge in [-0.1, -0.05) is 30.3 Å². The van der Waals surface area contributed by atoms with E-state index >= 15 is 0 Å². The van der Waals surface area contributed by atoms with E-state index in [-0.39, 0.29) is 19.8 Å². The fourth-order valence-electron chi connectivity index (χ4n) is 1.85. The van der Waals surface area contributed by atoms with Crippen LogP contribution >= 0.6 is 0 Å². The van der Waals surface area contributed by atoms with Gasteiger partial charge in [-0.3, -0.25) is 15.0 Å². The maximum Gasteiger partial charge on any atom is 0.326 e. The van der Waals surface area contributed by atoms with E-state index in [4.69, 9.17) is 4.74 Å². The molecule has 0 radical (unpaired) electrons. The number of nitrogens with one attached hydrogen (secondary N) is 1. The first kappa shape index (κ1) is 13.5. The molecule has 102 valence electrons. The molecule has 0 spiro atoms. The molecule has 2 rings (SSSR count). The Morgan fingerprint density at radius 3 is 2.58 bits per heavy atom. The molecule has 1 aliphatic heterocycles. The van der Waals surface area contributed by atoms with Gasteiger partial charge < -0.3 is 9.84 Å². The number of urea groups is 1. The predicted molar refractivity (Wildman–Crippen MR) is 67.0 cm³/mol. The van der Waals surface area contributed by atoms with Gasteiger partial charge in [-0.15, -0.1) is 0 Å². The van der Waals surface area contributed by atoms with E-state index in [1.54, 1.807) is 6.92 Å². The van der Waals surface area contributed by atoms with Crippen LogP contribution in [0.3, 0.4) is 0 Å². The average Bonchev–Trinajstić information content (AvgIpc) is 2.77. The highest BCUT2D eigenvalue weighted by Gasteiger charge is 2.41. The van der Waals surface area contributed by atoms with Crippen LogP contribution in [0.4, 0.5) is 4.79 Å². The summed E-state index contributed by atoms with van der Waals surface area (Å²) in [5, 5.41) is 11.6. The summed E-state index contributed by atoms with van der Waals surface area (Å²) in [7, 11) is 0. The monoisotopic (exact) mass is 264 g/mol. The Hall–Kier alpha value is -1.92. The topological polar surface area (TPSA) is 78.9 Å². The Labute approximate surface area is 111 Å². The van der Waals surface area contributed by atoms with Crippen molar-refractivity contribution < 1.29 is 19.4 Å². The van der Waals surface area contributed by atoms with Crippen LogP contribution in [0.25, 0.3) is 0 Å². The van der Waals surface area contributed by atoms with Crippen molar-refractivity contribution in [3.63, 3.8) is 0 Å². The fourth-order valence-corrected chi connectivity index (χ4v) is 1.85. The first-order valence-corrected chi connectivity index (χ1v) is 5.95. The van der Waals surface area contributed by atoms with E-state index in [9.17, 15) is 14.7 Å². The van der Waals surface area contributed by atoms with Crippen molar-refractivity contribution in [1.29, 1.82) is 0 Å². The quantitative estimate of drug-likeness (QED) is 0.757. The molecule has 1 fully saturated rings. The normalized spacial score (nSPS) is 18.3. The Kier molecular flexibility index (Phi) is 3.82. The van der Waals surface area contributed by atoms with E-state index < -0.39 is 17.7 Å². The summed E-state index contributed by atoms with van der Waals surface area (Å²) >= 11 is 0. The largest absolute Gasteiger partial charge is 0.391 e. The lowest BCUT2D eigenvalue weighted by molar-refractivity contribution is -0.154. The minimum atomic E-state index is -1.22. The summed E-state index contributed by atoms with van der Waals surface area (Å²) in [5.74, 6) is -0.395. The van der Waals surface area contributed by atoms with Crippen molar-refractivity contribution in [3.05, 3.63) is 35.9 Å². The first-order valence-electron chi connectivity index (χ1n) is 5.95. The summed E-state index contributed by atoms with van der Waals surface area (Å²) in [6.45, 7) is 1.33. The average molecular weight is 264 g/mol. The molecule has 19 heavy (non-hydrogen) atoms. The SMILES string of the molecule is CC(CO)(OCc1ccccc1)N1CC(=O)NC1=O. The molecule has 1 atom stereocenters. The molecule has 1 aromatic carbocycles. The van der Waals surface area contributed by atoms with Crippen LogP contribution in [0.5, 0.6) is 0 Å². The zero-order chi connectivity index (χ0) is 13.9. The maximum absolute atomic E-state index is 11.6. The minimum Gasteiger partial charge on any atom is -0.391 e. The van der Waals surface area contributed by atoms with E-state index in [0.717, 1.165) is 5.56 Å². The van der Waals surface area contributed by atoms with Crippen molar-refractivity contribution in [2.24, 2.45) is 0 Å². The van der Waals surface area contributed by atoms with Crippen molar-refractivity contribution in [1.82, 2.24) is 10.2 Å². The molecular weight excluding hydrogens is 248 g/mol. The van der Waals surface area contributed by atoms with Crippen molar-refractivity contribution in [2.45, 2.75) is 19.3 Å². The molecule has 3 amide bonds. The molecule has 1 aromatic rings. The van der Waals surface area contributed by atoms with Crippen molar-refractivity contribution in [3.8, 4) is 0 Å². The Morgan fingerprint density at radius 1 is 1.37 bits per heavy atom. The molecule has 1 saturated heterocycles. The van der Waals surface area contributed by atoms with E-state index in [0.29, 0.717) is 0 Å². The van der Waals surface area contributed by atoms with Gasteiger partial charge in [0.25, 0.3) is 0 Å². The second kappa shape index (κ2) is 5.38. The zero-order valence-electron chi connectivity index (χ0n) is 10.6. The lowest BCUT2D eigenvalue weighted by Crippen LogP contribution is -2.52. The van der Waals surface area contributed by atoms with E-state index in [2.05, 4.69) is 5.32 Å². The first-order chi connectivity index (χ1) is 9.05. The van der Waals surface area contributed by atoms with Crippen molar-refractivity contribution in [2.75, 3.05) is 13.2 Å². The fraction of sp³-hybridized carbons (Fsp3) is 0.385. The van der Waals surface area contributed by atoms with Crippen LogP contribution in [0.2, 0.25) is 0 Å². The molecular formula is C13H16N2O4. The van der Waals surface area contributed by atoms with Gasteiger partial charge in [0.05, 0.1) is 13.2 Å². The van der Waals surface area contributed by atoms with E-state index in [1.165, 1.54) is 4.90 Å². The number of benzene rings is 1. The second-order valence-electron chi connectivity index (χ2n) is 4.55. The van der Waals surface area contributed by atoms with Crippen LogP contribution in [-0.2, 0) is 16.1 Å². The highest BCUT2D eigenvalue weighted by atomic mass is 16.5. The standard InChI is InChI=1S/C13H16N2O4/c1-13(9-16,15-7-11(17)14-12(15)18)19-8-10-5-3-2-4-6-10/h2-6,16H,7-9H2,1H3,(H,14,17,18). The van der Waals surface area contributed by atoms with Crippen LogP contribution in [0.15, 0.2) is 30.3 Å². The van der Waals surface area contributed by atoms with Gasteiger partial charge in [-0.05, 0) is 12.5 Å². The summed E-state index contributed by atoms with van der Waals surface area (Å²) in [6, 6.07) is 8.86. The number of hydrogen-bond donors (Lipinski definition) is 2. The molecule has 2 N–H and O–H groups in total. The lowest BCUT2D eigenvalue weighted by atomic mass is 10.2. The Balaban J connectivity index is 2.06. The third-order valence-electron chi connectivity index (χ3n) is 3.05. The number of aliphatic hydroxyl groups excluding tert-OH is 1. The number of imide groups is 1. The van der Waals surface area contributed by atoms with Crippen LogP contribution in [0.1, 0.15) is 12.5 Å². The second-order valence-corrected chi connectivity index (χ2v) is 4.55. The Morgan fingerprint density at radius 2 is 2.05 bits per heavy atom. The number of hydrogen-bond acceptors (Lipinski definition) is 4. The summed E-state index contributed by atoms with van der Waals surface area (Å²) in [6.07, 6.45) is 0. The third kappa shape index (κ3) is 2.91. The van der Waals surface area contributed by atoms with Gasteiger partial charge in [0, 0.05) is 0 Å². The number of aliphatic hydroxyl groups is 1. The Bertz CT molecular complexity index is 477. The van der Waals surface area contributed by atoms with Gasteiger partial charge >= 0.3 is 6.03 Å². The minimum absolute atomic E-state index is 0.106. The number of nitrogens with zero attached hydrogens (tertiary/aromatic N) is 1. The molecule has 0 aliphatic carbocycles. The zero-order valence-corrected chi connectivity index (χ0v) is 10.6. The van der Waals surface area contributed by atoms with Gasteiger partial charge in [0.15, 0.2) is 5.72 Å². The molecule has 0 saturated carbocycles. The smallest absolute Gasteiger partial charge is 0.326 e. The number of amides is 3. The molecule has 0 bridgehead atoms. The van der Waals surface area contributed by atoms with Gasteiger partial charge in [0.2, 0.25) is 5.91 Å².